The molecule has 3 N–H and O–H groups in total. The number of hydrogen-bond acceptors (Lipinski definition) is 6. The van der Waals surface area contributed by atoms with E-state index in [2.05, 4.69) is 10.3 Å². The molecule has 2 heterocycles. The SMILES string of the molecule is O=C(Nc1ccc(C(O)c2ccccc2O)cn1)C1(c2ccc3c(c2)OCO3)CC1. The molecular weight excluding hydrogens is 384 g/mol. The highest BCUT2D eigenvalue weighted by molar-refractivity contribution is 6.01. The van der Waals surface area contributed by atoms with Crippen molar-refractivity contribution in [2.45, 2.75) is 24.4 Å². The average molecular weight is 404 g/mol. The molecule has 1 aliphatic carbocycles. The van der Waals surface area contributed by atoms with Gasteiger partial charge in [-0.2, -0.15) is 0 Å². The van der Waals surface area contributed by atoms with Gasteiger partial charge in [-0.05, 0) is 42.7 Å². The van der Waals surface area contributed by atoms with Crippen LogP contribution in [0.1, 0.15) is 35.6 Å². The molecule has 1 atom stereocenters. The van der Waals surface area contributed by atoms with Gasteiger partial charge in [0.05, 0.1) is 5.41 Å². The van der Waals surface area contributed by atoms with E-state index in [1.165, 1.54) is 12.3 Å². The number of carbonyl (C=O) groups is 1. The summed E-state index contributed by atoms with van der Waals surface area (Å²) in [5, 5.41) is 23.3. The maximum Gasteiger partial charge on any atom is 0.236 e. The van der Waals surface area contributed by atoms with Crippen LogP contribution in [0.15, 0.2) is 60.8 Å². The Kier molecular flexibility index (Phi) is 4.33. The van der Waals surface area contributed by atoms with E-state index in [1.807, 2.05) is 18.2 Å². The zero-order valence-corrected chi connectivity index (χ0v) is 16.0. The number of aromatic hydroxyl groups is 1. The lowest BCUT2D eigenvalue weighted by Gasteiger charge is -2.17. The molecule has 1 aromatic heterocycles. The maximum atomic E-state index is 13.0. The predicted molar refractivity (Wildman–Crippen MR) is 109 cm³/mol. The molecule has 0 bridgehead atoms. The molecule has 1 amide bonds. The molecule has 1 saturated carbocycles. The van der Waals surface area contributed by atoms with Gasteiger partial charge in [0.2, 0.25) is 12.7 Å². The highest BCUT2D eigenvalue weighted by Gasteiger charge is 2.51. The summed E-state index contributed by atoms with van der Waals surface area (Å²) in [6.45, 7) is 0.195. The van der Waals surface area contributed by atoms with Gasteiger partial charge in [0.1, 0.15) is 17.7 Å². The molecule has 0 saturated heterocycles. The van der Waals surface area contributed by atoms with E-state index >= 15 is 0 Å². The van der Waals surface area contributed by atoms with Crippen LogP contribution in [0.5, 0.6) is 17.2 Å². The van der Waals surface area contributed by atoms with Crippen molar-refractivity contribution in [2.24, 2.45) is 0 Å². The van der Waals surface area contributed by atoms with Gasteiger partial charge in [-0.25, -0.2) is 4.98 Å². The molecule has 2 aromatic carbocycles. The summed E-state index contributed by atoms with van der Waals surface area (Å²) in [7, 11) is 0. The summed E-state index contributed by atoms with van der Waals surface area (Å²) >= 11 is 0. The first kappa shape index (κ1) is 18.4. The number of ether oxygens (including phenoxy) is 2. The second kappa shape index (κ2) is 7.03. The van der Waals surface area contributed by atoms with Crippen LogP contribution in [0.2, 0.25) is 0 Å². The van der Waals surface area contributed by atoms with Crippen LogP contribution in [-0.2, 0) is 10.2 Å². The van der Waals surface area contributed by atoms with Crippen LogP contribution in [0.25, 0.3) is 0 Å². The largest absolute Gasteiger partial charge is 0.508 e. The first-order valence-corrected chi connectivity index (χ1v) is 9.70. The first-order valence-electron chi connectivity index (χ1n) is 9.70. The number of benzene rings is 2. The van der Waals surface area contributed by atoms with Gasteiger partial charge >= 0.3 is 0 Å². The van der Waals surface area contributed by atoms with Crippen molar-refractivity contribution < 1.29 is 24.5 Å². The number of amides is 1. The molecule has 0 radical (unpaired) electrons. The fourth-order valence-electron chi connectivity index (χ4n) is 3.74. The lowest BCUT2D eigenvalue weighted by molar-refractivity contribution is -0.118. The van der Waals surface area contributed by atoms with Crippen LogP contribution in [0, 0.1) is 0 Å². The number of aliphatic hydroxyl groups is 1. The van der Waals surface area contributed by atoms with Crippen molar-refractivity contribution in [3.05, 3.63) is 77.5 Å². The zero-order chi connectivity index (χ0) is 20.7. The molecule has 152 valence electrons. The number of phenols is 1. The van der Waals surface area contributed by atoms with Crippen molar-refractivity contribution in [3.63, 3.8) is 0 Å². The number of fused-ring (bicyclic) bond motifs is 1. The quantitative estimate of drug-likeness (QED) is 0.603. The summed E-state index contributed by atoms with van der Waals surface area (Å²) in [6.07, 6.45) is 1.99. The van der Waals surface area contributed by atoms with Gasteiger partial charge in [-0.3, -0.25) is 4.79 Å². The smallest absolute Gasteiger partial charge is 0.236 e. The minimum absolute atomic E-state index is 0.0155. The van der Waals surface area contributed by atoms with Crippen molar-refractivity contribution >= 4 is 11.7 Å². The summed E-state index contributed by atoms with van der Waals surface area (Å²) in [5.41, 5.74) is 1.23. The summed E-state index contributed by atoms with van der Waals surface area (Å²) in [6, 6.07) is 15.5. The Morgan fingerprint density at radius 2 is 1.87 bits per heavy atom. The van der Waals surface area contributed by atoms with Gasteiger partial charge in [0.15, 0.2) is 11.5 Å². The average Bonchev–Trinajstić information content (AvgIpc) is 3.45. The number of para-hydroxylation sites is 1. The minimum atomic E-state index is -1.01. The number of nitrogens with one attached hydrogen (secondary N) is 1. The molecule has 30 heavy (non-hydrogen) atoms. The van der Waals surface area contributed by atoms with Gasteiger partial charge in [0.25, 0.3) is 0 Å². The van der Waals surface area contributed by atoms with E-state index < -0.39 is 11.5 Å². The van der Waals surface area contributed by atoms with Crippen LogP contribution in [0.4, 0.5) is 5.82 Å². The number of nitrogens with zero attached hydrogens (tertiary/aromatic N) is 1. The van der Waals surface area contributed by atoms with Crippen molar-refractivity contribution in [2.75, 3.05) is 12.1 Å². The monoisotopic (exact) mass is 404 g/mol. The number of phenolic OH excluding ortho intramolecular Hbond substituents is 1. The minimum Gasteiger partial charge on any atom is -0.508 e. The Morgan fingerprint density at radius 1 is 1.07 bits per heavy atom. The molecule has 0 spiro atoms. The molecule has 7 nitrogen and oxygen atoms in total. The van der Waals surface area contributed by atoms with E-state index in [9.17, 15) is 15.0 Å². The number of pyridine rings is 1. The Labute approximate surface area is 172 Å². The maximum absolute atomic E-state index is 13.0. The van der Waals surface area contributed by atoms with Crippen LogP contribution >= 0.6 is 0 Å². The highest BCUT2D eigenvalue weighted by atomic mass is 16.7. The van der Waals surface area contributed by atoms with E-state index in [0.29, 0.717) is 28.4 Å². The number of hydrogen-bond donors (Lipinski definition) is 3. The summed E-state index contributed by atoms with van der Waals surface area (Å²) < 4.78 is 10.8. The Balaban J connectivity index is 1.31. The van der Waals surface area contributed by atoms with Crippen molar-refractivity contribution in [1.29, 1.82) is 0 Å². The van der Waals surface area contributed by atoms with Crippen molar-refractivity contribution in [3.8, 4) is 17.2 Å². The first-order chi connectivity index (χ1) is 14.6. The molecule has 2 aliphatic rings. The van der Waals surface area contributed by atoms with E-state index in [0.717, 1.165) is 18.4 Å². The molecule has 7 heteroatoms. The van der Waals surface area contributed by atoms with Gasteiger partial charge in [-0.15, -0.1) is 0 Å². The molecule has 3 aromatic rings. The Hall–Kier alpha value is -3.58. The third kappa shape index (κ3) is 3.13. The second-order valence-corrected chi connectivity index (χ2v) is 7.54. The number of aromatic nitrogens is 1. The number of rotatable bonds is 5. The summed E-state index contributed by atoms with van der Waals surface area (Å²) in [4.78, 5) is 17.2. The molecule has 5 rings (SSSR count). The Bertz CT molecular complexity index is 1110. The molecular formula is C23H20N2O5. The van der Waals surface area contributed by atoms with E-state index in [1.54, 1.807) is 30.3 Å². The second-order valence-electron chi connectivity index (χ2n) is 7.54. The van der Waals surface area contributed by atoms with Gasteiger partial charge < -0.3 is 25.0 Å². The third-order valence-corrected chi connectivity index (χ3v) is 5.68. The van der Waals surface area contributed by atoms with Crippen molar-refractivity contribution in [1.82, 2.24) is 4.98 Å². The number of anilines is 1. The topological polar surface area (TPSA) is 101 Å². The zero-order valence-electron chi connectivity index (χ0n) is 16.0. The predicted octanol–water partition coefficient (Wildman–Crippen LogP) is 3.27. The molecule has 1 fully saturated rings. The lowest BCUT2D eigenvalue weighted by atomic mass is 9.94. The van der Waals surface area contributed by atoms with Crippen LogP contribution in [-0.4, -0.2) is 27.9 Å². The number of carbonyl (C=O) groups excluding carboxylic acids is 1. The standard InChI is InChI=1S/C23H20N2O5/c26-17-4-2-1-3-16(17)21(27)14-5-8-20(24-12-14)25-22(28)23(9-10-23)15-6-7-18-19(11-15)30-13-29-18/h1-8,11-12,21,26-27H,9-10,13H2,(H,24,25,28). The van der Waals surface area contributed by atoms with Gasteiger partial charge in [-0.1, -0.05) is 30.3 Å². The van der Waals surface area contributed by atoms with E-state index in [4.69, 9.17) is 9.47 Å². The van der Waals surface area contributed by atoms with Crippen LogP contribution in [0.3, 0.4) is 0 Å². The molecule has 1 unspecified atom stereocenters. The molecule has 1 aliphatic heterocycles. The fraction of sp³-hybridized carbons (Fsp3) is 0.217. The third-order valence-electron chi connectivity index (χ3n) is 5.68. The van der Waals surface area contributed by atoms with E-state index in [-0.39, 0.29) is 18.4 Å². The van der Waals surface area contributed by atoms with Crippen LogP contribution < -0.4 is 14.8 Å². The normalized spacial score (nSPS) is 16.7. The number of aliphatic hydroxyl groups excluding tert-OH is 1. The fourth-order valence-corrected chi connectivity index (χ4v) is 3.74. The highest BCUT2D eigenvalue weighted by Crippen LogP contribution is 2.51. The van der Waals surface area contributed by atoms with Gasteiger partial charge in [0, 0.05) is 17.3 Å². The summed E-state index contributed by atoms with van der Waals surface area (Å²) in [5.74, 6) is 1.65. The lowest BCUT2D eigenvalue weighted by Crippen LogP contribution is -2.28. The Morgan fingerprint density at radius 3 is 2.60 bits per heavy atom.